The molecule has 6 nitrogen and oxygen atoms in total. The van der Waals surface area contributed by atoms with Crippen molar-refractivity contribution in [2.75, 3.05) is 18.8 Å². The third-order valence-electron chi connectivity index (χ3n) is 3.51. The first kappa shape index (κ1) is 13.3. The third-order valence-corrected chi connectivity index (χ3v) is 5.41. The van der Waals surface area contributed by atoms with Crippen LogP contribution in [0.4, 0.5) is 5.69 Å². The molecule has 0 radical (unpaired) electrons. The zero-order valence-corrected chi connectivity index (χ0v) is 11.5. The number of sulfonamides is 1. The summed E-state index contributed by atoms with van der Waals surface area (Å²) in [7, 11) is -3.66. The number of benzene rings is 1. The Morgan fingerprint density at radius 1 is 1.35 bits per heavy atom. The lowest BCUT2D eigenvalue weighted by molar-refractivity contribution is 0.189. The van der Waals surface area contributed by atoms with Crippen molar-refractivity contribution in [3.8, 4) is 0 Å². The average Bonchev–Trinajstić information content (AvgIpc) is 2.87. The number of hydrogen-bond donors (Lipinski definition) is 2. The van der Waals surface area contributed by atoms with E-state index in [0.717, 1.165) is 0 Å². The molecular formula is C13H15N3O3S. The van der Waals surface area contributed by atoms with Crippen LogP contribution in [0.1, 0.15) is 6.42 Å². The second kappa shape index (κ2) is 4.69. The minimum atomic E-state index is -3.66. The Balaban J connectivity index is 2.17. The van der Waals surface area contributed by atoms with Crippen LogP contribution in [-0.4, -0.2) is 42.0 Å². The molecule has 1 fully saturated rings. The van der Waals surface area contributed by atoms with E-state index >= 15 is 0 Å². The van der Waals surface area contributed by atoms with Crippen LogP contribution in [0.3, 0.4) is 0 Å². The highest BCUT2D eigenvalue weighted by Gasteiger charge is 2.33. The highest BCUT2D eigenvalue weighted by atomic mass is 32.2. The summed E-state index contributed by atoms with van der Waals surface area (Å²) in [6.07, 6.45) is 1.40. The van der Waals surface area contributed by atoms with E-state index < -0.39 is 16.1 Å². The number of β-amino-alcohol motifs (C(OH)–C–C–N with tert-alkyl or cyclic N) is 1. The maximum absolute atomic E-state index is 12.6. The minimum absolute atomic E-state index is 0.126. The molecule has 0 amide bonds. The number of aliphatic hydroxyl groups is 1. The van der Waals surface area contributed by atoms with Gasteiger partial charge in [-0.3, -0.25) is 4.98 Å². The average molecular weight is 293 g/mol. The predicted molar refractivity (Wildman–Crippen MR) is 75.5 cm³/mol. The number of nitrogens with two attached hydrogens (primary N) is 1. The molecule has 1 aromatic heterocycles. The first-order valence-electron chi connectivity index (χ1n) is 6.31. The van der Waals surface area contributed by atoms with Crippen LogP contribution in [0.2, 0.25) is 0 Å². The highest BCUT2D eigenvalue weighted by molar-refractivity contribution is 7.89. The summed E-state index contributed by atoms with van der Waals surface area (Å²) < 4.78 is 26.6. The van der Waals surface area contributed by atoms with E-state index in [-0.39, 0.29) is 11.4 Å². The maximum atomic E-state index is 12.6. The van der Waals surface area contributed by atoms with Crippen LogP contribution in [0.15, 0.2) is 35.4 Å². The summed E-state index contributed by atoms with van der Waals surface area (Å²) in [6, 6.07) is 6.51. The second-order valence-electron chi connectivity index (χ2n) is 4.86. The normalized spacial score (nSPS) is 20.6. The summed E-state index contributed by atoms with van der Waals surface area (Å²) in [4.78, 5) is 4.29. The molecule has 0 aliphatic carbocycles. The number of aliphatic hydroxyl groups excluding tert-OH is 1. The van der Waals surface area contributed by atoms with Crippen molar-refractivity contribution >= 4 is 26.6 Å². The molecule has 1 aliphatic heterocycles. The van der Waals surface area contributed by atoms with Crippen LogP contribution in [0.25, 0.3) is 10.9 Å². The number of nitrogens with zero attached hydrogens (tertiary/aromatic N) is 2. The first-order valence-corrected chi connectivity index (χ1v) is 7.75. The van der Waals surface area contributed by atoms with Crippen molar-refractivity contribution in [3.05, 3.63) is 30.5 Å². The SMILES string of the molecule is Nc1ccc(S(=O)(=O)N2CC[C@H](O)C2)c2ncccc12. The van der Waals surface area contributed by atoms with Gasteiger partial charge in [0.15, 0.2) is 0 Å². The van der Waals surface area contributed by atoms with E-state index in [1.165, 1.54) is 10.4 Å². The molecule has 1 aromatic carbocycles. The van der Waals surface area contributed by atoms with E-state index in [1.54, 1.807) is 24.4 Å². The van der Waals surface area contributed by atoms with Gasteiger partial charge >= 0.3 is 0 Å². The van der Waals surface area contributed by atoms with Gasteiger partial charge < -0.3 is 10.8 Å². The van der Waals surface area contributed by atoms with E-state index in [4.69, 9.17) is 5.73 Å². The molecule has 7 heteroatoms. The van der Waals surface area contributed by atoms with E-state index in [2.05, 4.69) is 4.98 Å². The lowest BCUT2D eigenvalue weighted by Crippen LogP contribution is -2.30. The van der Waals surface area contributed by atoms with Gasteiger partial charge in [0.2, 0.25) is 10.0 Å². The van der Waals surface area contributed by atoms with Gasteiger partial charge in [0.05, 0.1) is 11.6 Å². The molecule has 0 unspecified atom stereocenters. The smallest absolute Gasteiger partial charge is 0.245 e. The lowest BCUT2D eigenvalue weighted by Gasteiger charge is -2.17. The first-order chi connectivity index (χ1) is 9.50. The Morgan fingerprint density at radius 2 is 2.15 bits per heavy atom. The van der Waals surface area contributed by atoms with Crippen LogP contribution in [0.5, 0.6) is 0 Å². The van der Waals surface area contributed by atoms with Crippen LogP contribution >= 0.6 is 0 Å². The quantitative estimate of drug-likeness (QED) is 0.789. The zero-order chi connectivity index (χ0) is 14.3. The minimum Gasteiger partial charge on any atom is -0.398 e. The van der Waals surface area contributed by atoms with E-state index in [1.807, 2.05) is 0 Å². The summed E-state index contributed by atoms with van der Waals surface area (Å²) in [5.74, 6) is 0. The van der Waals surface area contributed by atoms with Crippen molar-refractivity contribution in [2.24, 2.45) is 0 Å². The van der Waals surface area contributed by atoms with Crippen LogP contribution < -0.4 is 5.73 Å². The third kappa shape index (κ3) is 2.04. The predicted octanol–water partition coefficient (Wildman–Crippen LogP) is 0.572. The fourth-order valence-corrected chi connectivity index (χ4v) is 4.08. The Bertz CT molecular complexity index is 761. The summed E-state index contributed by atoms with van der Waals surface area (Å²) in [6.45, 7) is 0.448. The Kier molecular flexibility index (Phi) is 3.12. The number of anilines is 1. The molecule has 0 bridgehead atoms. The van der Waals surface area contributed by atoms with Crippen molar-refractivity contribution in [1.82, 2.24) is 9.29 Å². The number of hydrogen-bond acceptors (Lipinski definition) is 5. The lowest BCUT2D eigenvalue weighted by atomic mass is 10.2. The number of nitrogen functional groups attached to an aromatic ring is 1. The number of pyridine rings is 1. The maximum Gasteiger partial charge on any atom is 0.245 e. The highest BCUT2D eigenvalue weighted by Crippen LogP contribution is 2.29. The summed E-state index contributed by atoms with van der Waals surface area (Å²) >= 11 is 0. The monoisotopic (exact) mass is 293 g/mol. The van der Waals surface area contributed by atoms with Gasteiger partial charge in [0.1, 0.15) is 4.90 Å². The van der Waals surface area contributed by atoms with Crippen LogP contribution in [-0.2, 0) is 10.0 Å². The largest absolute Gasteiger partial charge is 0.398 e. The molecule has 0 saturated carbocycles. The molecule has 20 heavy (non-hydrogen) atoms. The topological polar surface area (TPSA) is 96.5 Å². The zero-order valence-electron chi connectivity index (χ0n) is 10.7. The fraction of sp³-hybridized carbons (Fsp3) is 0.308. The van der Waals surface area contributed by atoms with Gasteiger partial charge in [0.25, 0.3) is 0 Å². The second-order valence-corrected chi connectivity index (χ2v) is 6.76. The van der Waals surface area contributed by atoms with Crippen molar-refractivity contribution in [2.45, 2.75) is 17.4 Å². The van der Waals surface area contributed by atoms with Gasteiger partial charge in [-0.2, -0.15) is 4.31 Å². The Hall–Kier alpha value is -1.70. The molecule has 2 aromatic rings. The van der Waals surface area contributed by atoms with Gasteiger partial charge in [0, 0.05) is 30.4 Å². The number of rotatable bonds is 2. The molecular weight excluding hydrogens is 278 g/mol. The molecule has 3 rings (SSSR count). The van der Waals surface area contributed by atoms with Gasteiger partial charge in [-0.15, -0.1) is 0 Å². The van der Waals surface area contributed by atoms with E-state index in [0.29, 0.717) is 29.6 Å². The standard InChI is InChI=1S/C13H15N3O3S/c14-11-3-4-12(13-10(11)2-1-6-15-13)20(18,19)16-7-5-9(17)8-16/h1-4,6,9,17H,5,7-8,14H2/t9-/m0/s1. The van der Waals surface area contributed by atoms with Gasteiger partial charge in [-0.25, -0.2) is 8.42 Å². The summed E-state index contributed by atoms with van der Waals surface area (Å²) in [5.41, 5.74) is 6.72. The molecule has 106 valence electrons. The Labute approximate surface area is 116 Å². The molecule has 1 saturated heterocycles. The number of aromatic nitrogens is 1. The van der Waals surface area contributed by atoms with Crippen LogP contribution in [0, 0.1) is 0 Å². The Morgan fingerprint density at radius 3 is 2.85 bits per heavy atom. The van der Waals surface area contributed by atoms with Crippen molar-refractivity contribution < 1.29 is 13.5 Å². The van der Waals surface area contributed by atoms with Crippen molar-refractivity contribution in [3.63, 3.8) is 0 Å². The molecule has 1 aliphatic rings. The summed E-state index contributed by atoms with van der Waals surface area (Å²) in [5, 5.41) is 10.1. The molecule has 3 N–H and O–H groups in total. The molecule has 0 spiro atoms. The van der Waals surface area contributed by atoms with Crippen molar-refractivity contribution in [1.29, 1.82) is 0 Å². The van der Waals surface area contributed by atoms with E-state index in [9.17, 15) is 13.5 Å². The van der Waals surface area contributed by atoms with Gasteiger partial charge in [-0.05, 0) is 30.7 Å². The fourth-order valence-electron chi connectivity index (χ4n) is 2.44. The number of fused-ring (bicyclic) bond motifs is 1. The molecule has 2 heterocycles. The van der Waals surface area contributed by atoms with Gasteiger partial charge in [-0.1, -0.05) is 0 Å². The molecule has 1 atom stereocenters.